The monoisotopic (exact) mass is 425 g/mol. The summed E-state index contributed by atoms with van der Waals surface area (Å²) in [7, 11) is 0. The highest BCUT2D eigenvalue weighted by Crippen LogP contribution is 2.35. The summed E-state index contributed by atoms with van der Waals surface area (Å²) in [5.74, 6) is -0.605. The number of halogens is 2. The fraction of sp³-hybridized carbons (Fsp3) is 0.143. The molecule has 3 N–H and O–H groups in total. The number of hydrogen-bond donors (Lipinski definition) is 3. The van der Waals surface area contributed by atoms with Gasteiger partial charge in [-0.25, -0.2) is 14.4 Å². The second kappa shape index (κ2) is 8.08. The van der Waals surface area contributed by atoms with Crippen molar-refractivity contribution >= 4 is 34.9 Å². The number of benzene rings is 1. The Balaban J connectivity index is 1.73. The third-order valence-electron chi connectivity index (χ3n) is 4.58. The van der Waals surface area contributed by atoms with E-state index in [1.807, 2.05) is 6.92 Å². The van der Waals surface area contributed by atoms with Gasteiger partial charge in [-0.2, -0.15) is 0 Å². The quantitative estimate of drug-likeness (QED) is 0.579. The lowest BCUT2D eigenvalue weighted by atomic mass is 10.1. The second-order valence-corrected chi connectivity index (χ2v) is 6.98. The smallest absolute Gasteiger partial charge is 0.255 e. The minimum absolute atomic E-state index is 0.156. The lowest BCUT2D eigenvalue weighted by Crippen LogP contribution is -2.22. The summed E-state index contributed by atoms with van der Waals surface area (Å²) in [5, 5.41) is 8.70. The Kier molecular flexibility index (Phi) is 5.33. The summed E-state index contributed by atoms with van der Waals surface area (Å²) in [6.07, 6.45) is 1.43. The largest absolute Gasteiger partial charge is 0.352 e. The zero-order chi connectivity index (χ0) is 21.3. The molecule has 3 heterocycles. The molecule has 2 amide bonds. The fourth-order valence-corrected chi connectivity index (χ4v) is 3.46. The van der Waals surface area contributed by atoms with E-state index in [1.165, 1.54) is 18.3 Å². The molecular formula is C21H17ClFN5O2. The van der Waals surface area contributed by atoms with Gasteiger partial charge in [0.05, 0.1) is 45.3 Å². The molecule has 0 radical (unpaired) electrons. The van der Waals surface area contributed by atoms with Gasteiger partial charge < -0.3 is 16.0 Å². The van der Waals surface area contributed by atoms with Crippen molar-refractivity contribution in [1.29, 1.82) is 0 Å². The van der Waals surface area contributed by atoms with E-state index in [2.05, 4.69) is 25.9 Å². The summed E-state index contributed by atoms with van der Waals surface area (Å²) in [5.41, 5.74) is 2.14. The van der Waals surface area contributed by atoms with E-state index in [0.717, 1.165) is 0 Å². The number of rotatable bonds is 5. The number of aromatic nitrogens is 2. The fourth-order valence-electron chi connectivity index (χ4n) is 3.20. The van der Waals surface area contributed by atoms with Crippen LogP contribution in [-0.2, 0) is 6.54 Å². The van der Waals surface area contributed by atoms with Crippen LogP contribution in [0.3, 0.4) is 0 Å². The highest BCUT2D eigenvalue weighted by Gasteiger charge is 2.27. The second-order valence-electron chi connectivity index (χ2n) is 6.57. The van der Waals surface area contributed by atoms with E-state index in [9.17, 15) is 14.0 Å². The topological polar surface area (TPSA) is 96.0 Å². The van der Waals surface area contributed by atoms with Gasteiger partial charge in [0.2, 0.25) is 0 Å². The predicted octanol–water partition coefficient (Wildman–Crippen LogP) is 3.67. The zero-order valence-corrected chi connectivity index (χ0v) is 16.7. The van der Waals surface area contributed by atoms with Gasteiger partial charge in [-0.15, -0.1) is 0 Å². The van der Waals surface area contributed by atoms with E-state index in [4.69, 9.17) is 11.6 Å². The summed E-state index contributed by atoms with van der Waals surface area (Å²) in [6.45, 7) is 2.57. The van der Waals surface area contributed by atoms with Gasteiger partial charge in [-0.3, -0.25) is 9.59 Å². The van der Waals surface area contributed by atoms with E-state index < -0.39 is 5.82 Å². The Morgan fingerprint density at radius 1 is 1.27 bits per heavy atom. The molecule has 0 spiro atoms. The molecule has 152 valence electrons. The highest BCUT2D eigenvalue weighted by atomic mass is 35.5. The highest BCUT2D eigenvalue weighted by molar-refractivity contribution is 6.33. The first kappa shape index (κ1) is 19.8. The van der Waals surface area contributed by atoms with Crippen LogP contribution < -0.4 is 16.0 Å². The van der Waals surface area contributed by atoms with Gasteiger partial charge in [-0.1, -0.05) is 17.7 Å². The Morgan fingerprint density at radius 3 is 2.80 bits per heavy atom. The number of hydrogen-bond acceptors (Lipinski definition) is 5. The maximum atomic E-state index is 14.4. The van der Waals surface area contributed by atoms with Crippen molar-refractivity contribution in [2.45, 2.75) is 13.5 Å². The number of amides is 2. The average Bonchev–Trinajstić information content (AvgIpc) is 3.10. The van der Waals surface area contributed by atoms with Crippen molar-refractivity contribution in [1.82, 2.24) is 20.6 Å². The van der Waals surface area contributed by atoms with Crippen molar-refractivity contribution < 1.29 is 14.0 Å². The number of nitrogens with one attached hydrogen (secondary N) is 3. The van der Waals surface area contributed by atoms with Gasteiger partial charge in [-0.05, 0) is 37.3 Å². The molecule has 30 heavy (non-hydrogen) atoms. The van der Waals surface area contributed by atoms with Gasteiger partial charge in [0.1, 0.15) is 11.6 Å². The SMILES string of the molecule is CCNC(=O)c1ccc(Nc2cc(-c3c(F)cccc3Cl)nc3c2C(=O)NC3)nc1. The lowest BCUT2D eigenvalue weighted by molar-refractivity contribution is 0.0951. The number of carbonyl (C=O) groups excluding carboxylic acids is 2. The molecule has 4 rings (SSSR count). The van der Waals surface area contributed by atoms with Crippen molar-refractivity contribution in [2.75, 3.05) is 11.9 Å². The third-order valence-corrected chi connectivity index (χ3v) is 4.90. The molecule has 0 atom stereocenters. The summed E-state index contributed by atoms with van der Waals surface area (Å²) in [4.78, 5) is 32.9. The third kappa shape index (κ3) is 3.69. The Morgan fingerprint density at radius 2 is 2.10 bits per heavy atom. The van der Waals surface area contributed by atoms with E-state index >= 15 is 0 Å². The van der Waals surface area contributed by atoms with Crippen LogP contribution in [0.4, 0.5) is 15.9 Å². The molecule has 9 heteroatoms. The molecule has 0 bridgehead atoms. The van der Waals surface area contributed by atoms with Crippen LogP contribution in [-0.4, -0.2) is 28.3 Å². The zero-order valence-electron chi connectivity index (χ0n) is 15.9. The predicted molar refractivity (Wildman–Crippen MR) is 111 cm³/mol. The lowest BCUT2D eigenvalue weighted by Gasteiger charge is -2.13. The van der Waals surface area contributed by atoms with Crippen molar-refractivity contribution in [2.24, 2.45) is 0 Å². The minimum Gasteiger partial charge on any atom is -0.352 e. The van der Waals surface area contributed by atoms with Crippen LogP contribution in [0.1, 0.15) is 33.3 Å². The minimum atomic E-state index is -0.511. The number of pyridine rings is 2. The molecule has 3 aromatic rings. The van der Waals surface area contributed by atoms with Gasteiger partial charge in [0, 0.05) is 12.7 Å². The average molecular weight is 426 g/mol. The van der Waals surface area contributed by atoms with Crippen molar-refractivity contribution in [3.8, 4) is 11.3 Å². The van der Waals surface area contributed by atoms with Crippen LogP contribution in [0.5, 0.6) is 0 Å². The van der Waals surface area contributed by atoms with Gasteiger partial charge in [0.25, 0.3) is 11.8 Å². The number of anilines is 2. The maximum absolute atomic E-state index is 14.4. The molecule has 0 fully saturated rings. The van der Waals surface area contributed by atoms with Crippen LogP contribution >= 0.6 is 11.6 Å². The molecular weight excluding hydrogens is 409 g/mol. The Bertz CT molecular complexity index is 1130. The van der Waals surface area contributed by atoms with E-state index in [0.29, 0.717) is 40.6 Å². The van der Waals surface area contributed by atoms with Crippen molar-refractivity contribution in [3.05, 3.63) is 70.3 Å². The van der Waals surface area contributed by atoms with Crippen LogP contribution in [0.2, 0.25) is 5.02 Å². The molecule has 1 aliphatic heterocycles. The first-order chi connectivity index (χ1) is 14.5. The van der Waals surface area contributed by atoms with Gasteiger partial charge >= 0.3 is 0 Å². The van der Waals surface area contributed by atoms with Crippen LogP contribution in [0.15, 0.2) is 42.6 Å². The number of carbonyl (C=O) groups is 2. The molecule has 1 aromatic carbocycles. The Labute approximate surface area is 176 Å². The first-order valence-electron chi connectivity index (χ1n) is 9.25. The summed E-state index contributed by atoms with van der Waals surface area (Å²) in [6, 6.07) is 9.20. The summed E-state index contributed by atoms with van der Waals surface area (Å²) < 4.78 is 14.4. The molecule has 0 saturated carbocycles. The van der Waals surface area contributed by atoms with Crippen LogP contribution in [0.25, 0.3) is 11.3 Å². The van der Waals surface area contributed by atoms with Crippen LogP contribution in [0, 0.1) is 5.82 Å². The number of fused-ring (bicyclic) bond motifs is 1. The Hall–Kier alpha value is -3.52. The number of nitrogens with zero attached hydrogens (tertiary/aromatic N) is 2. The molecule has 0 aliphatic carbocycles. The molecule has 2 aromatic heterocycles. The molecule has 7 nitrogen and oxygen atoms in total. The van der Waals surface area contributed by atoms with Crippen molar-refractivity contribution in [3.63, 3.8) is 0 Å². The van der Waals surface area contributed by atoms with Gasteiger partial charge in [0.15, 0.2) is 0 Å². The molecule has 0 saturated heterocycles. The summed E-state index contributed by atoms with van der Waals surface area (Å²) >= 11 is 6.20. The first-order valence-corrected chi connectivity index (χ1v) is 9.63. The standard InChI is InChI=1S/C21H17ClFN5O2/c1-2-24-20(29)11-6-7-17(25-9-11)28-15-8-14(18-12(22)4-3-5-13(18)23)27-16-10-26-21(30)19(15)16/h3-9H,2,10H2,1H3,(H,24,29)(H,26,30)(H,25,27,28). The van der Waals surface area contributed by atoms with E-state index in [1.54, 1.807) is 24.3 Å². The molecule has 1 aliphatic rings. The normalized spacial score (nSPS) is 12.3. The molecule has 0 unspecified atom stereocenters. The maximum Gasteiger partial charge on any atom is 0.255 e. The van der Waals surface area contributed by atoms with E-state index in [-0.39, 0.29) is 28.9 Å².